The van der Waals surface area contributed by atoms with Gasteiger partial charge in [0.15, 0.2) is 5.13 Å². The maximum Gasteiger partial charge on any atom is 0.301 e. The summed E-state index contributed by atoms with van der Waals surface area (Å²) in [6.45, 7) is 5.12. The van der Waals surface area contributed by atoms with Gasteiger partial charge in [-0.05, 0) is 60.9 Å². The van der Waals surface area contributed by atoms with Crippen LogP contribution in [-0.4, -0.2) is 42.1 Å². The molecular formula is C31H30N2O6S. The summed E-state index contributed by atoms with van der Waals surface area (Å²) in [5.41, 5.74) is 1.68. The highest BCUT2D eigenvalue weighted by molar-refractivity contribution is 7.22. The van der Waals surface area contributed by atoms with Crippen LogP contribution in [0.2, 0.25) is 0 Å². The Morgan fingerprint density at radius 2 is 1.62 bits per heavy atom. The van der Waals surface area contributed by atoms with E-state index in [1.807, 2.05) is 19.9 Å². The maximum absolute atomic E-state index is 13.6. The summed E-state index contributed by atoms with van der Waals surface area (Å²) in [6.07, 6.45) is 1.69. The Bertz CT molecular complexity index is 1580. The predicted molar refractivity (Wildman–Crippen MR) is 155 cm³/mol. The van der Waals surface area contributed by atoms with Crippen molar-refractivity contribution >= 4 is 44.1 Å². The van der Waals surface area contributed by atoms with Crippen molar-refractivity contribution in [1.29, 1.82) is 0 Å². The second kappa shape index (κ2) is 11.8. The van der Waals surface area contributed by atoms with Crippen molar-refractivity contribution in [3.63, 3.8) is 0 Å². The number of thiazole rings is 1. The molecule has 1 amide bonds. The van der Waals surface area contributed by atoms with Crippen LogP contribution in [0.4, 0.5) is 5.13 Å². The van der Waals surface area contributed by atoms with Crippen LogP contribution in [0.3, 0.4) is 0 Å². The van der Waals surface area contributed by atoms with Crippen LogP contribution >= 0.6 is 11.3 Å². The molecule has 0 spiro atoms. The average Bonchev–Trinajstić information content (AvgIpc) is 3.52. The SMILES string of the molecule is CCCOc1ccc(C2C(=C(O)c3cccc(OCCC)c3)C(=O)C(=O)N2c2nc3ccc(OC)cc3s2)cc1. The molecule has 3 aromatic carbocycles. The lowest BCUT2D eigenvalue weighted by Crippen LogP contribution is -2.29. The Morgan fingerprint density at radius 1 is 0.925 bits per heavy atom. The number of aromatic nitrogens is 1. The minimum absolute atomic E-state index is 0.0169. The normalized spacial score (nSPS) is 16.5. The molecular weight excluding hydrogens is 528 g/mol. The molecule has 206 valence electrons. The molecule has 1 saturated heterocycles. The van der Waals surface area contributed by atoms with Crippen molar-refractivity contribution in [2.45, 2.75) is 32.7 Å². The zero-order valence-electron chi connectivity index (χ0n) is 22.5. The molecule has 2 heterocycles. The number of hydrogen-bond donors (Lipinski definition) is 1. The van der Waals surface area contributed by atoms with E-state index < -0.39 is 17.7 Å². The number of ether oxygens (including phenoxy) is 3. The van der Waals surface area contributed by atoms with E-state index in [0.29, 0.717) is 52.2 Å². The Morgan fingerprint density at radius 3 is 2.33 bits per heavy atom. The number of nitrogens with zero attached hydrogens (tertiary/aromatic N) is 2. The van der Waals surface area contributed by atoms with Gasteiger partial charge in [-0.25, -0.2) is 4.98 Å². The molecule has 0 radical (unpaired) electrons. The highest BCUT2D eigenvalue weighted by Crippen LogP contribution is 2.45. The van der Waals surface area contributed by atoms with Gasteiger partial charge in [0.1, 0.15) is 23.0 Å². The first-order valence-electron chi connectivity index (χ1n) is 13.2. The number of aliphatic hydroxyl groups excluding tert-OH is 1. The van der Waals surface area contributed by atoms with Gasteiger partial charge in [0.25, 0.3) is 5.78 Å². The number of anilines is 1. The van der Waals surface area contributed by atoms with Crippen molar-refractivity contribution in [2.75, 3.05) is 25.2 Å². The lowest BCUT2D eigenvalue weighted by molar-refractivity contribution is -0.132. The predicted octanol–water partition coefficient (Wildman–Crippen LogP) is 6.51. The van der Waals surface area contributed by atoms with E-state index in [9.17, 15) is 14.7 Å². The number of Topliss-reactive ketones (excluding diaryl/α,β-unsaturated/α-hetero) is 1. The molecule has 1 aliphatic rings. The van der Waals surface area contributed by atoms with Gasteiger partial charge in [0.05, 0.1) is 42.2 Å². The number of amides is 1. The third-order valence-corrected chi connectivity index (χ3v) is 7.50. The summed E-state index contributed by atoms with van der Waals surface area (Å²) >= 11 is 1.28. The number of carbonyl (C=O) groups excluding carboxylic acids is 2. The number of rotatable bonds is 10. The van der Waals surface area contributed by atoms with Crippen LogP contribution in [0.1, 0.15) is 43.9 Å². The molecule has 1 fully saturated rings. The van der Waals surface area contributed by atoms with Crippen molar-refractivity contribution in [2.24, 2.45) is 0 Å². The van der Waals surface area contributed by atoms with E-state index in [1.165, 1.54) is 16.2 Å². The molecule has 0 aliphatic carbocycles. The molecule has 5 rings (SSSR count). The molecule has 1 aliphatic heterocycles. The first kappa shape index (κ1) is 27.2. The Labute approximate surface area is 236 Å². The van der Waals surface area contributed by atoms with Gasteiger partial charge < -0.3 is 19.3 Å². The number of aliphatic hydroxyl groups is 1. The average molecular weight is 559 g/mol. The van der Waals surface area contributed by atoms with Crippen molar-refractivity contribution in [1.82, 2.24) is 4.98 Å². The highest BCUT2D eigenvalue weighted by Gasteiger charge is 2.48. The molecule has 0 bridgehead atoms. The van der Waals surface area contributed by atoms with Gasteiger partial charge in [-0.15, -0.1) is 0 Å². The van der Waals surface area contributed by atoms with Gasteiger partial charge in [-0.2, -0.15) is 0 Å². The van der Waals surface area contributed by atoms with E-state index in [2.05, 4.69) is 4.98 Å². The Kier molecular flexibility index (Phi) is 8.02. The quantitative estimate of drug-likeness (QED) is 0.135. The van der Waals surface area contributed by atoms with Crippen LogP contribution in [0.15, 0.2) is 72.3 Å². The van der Waals surface area contributed by atoms with Gasteiger partial charge in [-0.1, -0.05) is 49.4 Å². The molecule has 1 N–H and O–H groups in total. The summed E-state index contributed by atoms with van der Waals surface area (Å²) in [5, 5.41) is 11.8. The second-order valence-corrected chi connectivity index (χ2v) is 10.3. The molecule has 40 heavy (non-hydrogen) atoms. The van der Waals surface area contributed by atoms with E-state index in [-0.39, 0.29) is 11.3 Å². The fourth-order valence-electron chi connectivity index (χ4n) is 4.54. The summed E-state index contributed by atoms with van der Waals surface area (Å²) in [7, 11) is 1.58. The largest absolute Gasteiger partial charge is 0.507 e. The topological polar surface area (TPSA) is 98.2 Å². The zero-order valence-corrected chi connectivity index (χ0v) is 23.4. The van der Waals surface area contributed by atoms with Crippen LogP contribution in [0.25, 0.3) is 16.0 Å². The van der Waals surface area contributed by atoms with Crippen molar-refractivity contribution in [3.05, 3.63) is 83.4 Å². The van der Waals surface area contributed by atoms with Crippen LogP contribution in [0, 0.1) is 0 Å². The fourth-order valence-corrected chi connectivity index (χ4v) is 5.56. The molecule has 1 unspecified atom stereocenters. The number of hydrogen-bond acceptors (Lipinski definition) is 8. The van der Waals surface area contributed by atoms with Crippen LogP contribution in [-0.2, 0) is 9.59 Å². The summed E-state index contributed by atoms with van der Waals surface area (Å²) in [5.74, 6) is 0.0773. The number of benzene rings is 3. The van der Waals surface area contributed by atoms with E-state index >= 15 is 0 Å². The number of methoxy groups -OCH3 is 1. The minimum atomic E-state index is -0.900. The van der Waals surface area contributed by atoms with Gasteiger partial charge in [-0.3, -0.25) is 14.5 Å². The molecule has 9 heteroatoms. The zero-order chi connectivity index (χ0) is 28.2. The smallest absolute Gasteiger partial charge is 0.301 e. The van der Waals surface area contributed by atoms with Crippen LogP contribution < -0.4 is 19.1 Å². The van der Waals surface area contributed by atoms with Crippen LogP contribution in [0.5, 0.6) is 17.2 Å². The molecule has 1 aromatic heterocycles. The van der Waals surface area contributed by atoms with Gasteiger partial charge >= 0.3 is 5.91 Å². The monoisotopic (exact) mass is 558 g/mol. The van der Waals surface area contributed by atoms with Gasteiger partial charge in [0.2, 0.25) is 0 Å². The van der Waals surface area contributed by atoms with E-state index in [1.54, 1.807) is 67.8 Å². The molecule has 8 nitrogen and oxygen atoms in total. The standard InChI is InChI=1S/C31H30N2O6S/c1-4-15-38-21-11-9-19(10-12-21)27-26(28(34)20-7-6-8-23(17-20)39-16-5-2)29(35)30(36)33(27)31-32-24-14-13-22(37-3)18-25(24)40-31/h6-14,17-18,27,34H,4-5,15-16H2,1-3H3. The summed E-state index contributed by atoms with van der Waals surface area (Å²) in [4.78, 5) is 33.2. The lowest BCUT2D eigenvalue weighted by Gasteiger charge is -2.23. The maximum atomic E-state index is 13.6. The molecule has 0 saturated carbocycles. The summed E-state index contributed by atoms with van der Waals surface area (Å²) < 4.78 is 17.6. The number of ketones is 1. The Hall–Kier alpha value is -4.37. The van der Waals surface area contributed by atoms with Crippen molar-refractivity contribution in [3.8, 4) is 17.2 Å². The highest BCUT2D eigenvalue weighted by atomic mass is 32.1. The fraction of sp³-hybridized carbons (Fsp3) is 0.258. The molecule has 1 atom stereocenters. The molecule has 4 aromatic rings. The number of carbonyl (C=O) groups is 2. The second-order valence-electron chi connectivity index (χ2n) is 9.29. The van der Waals surface area contributed by atoms with E-state index in [4.69, 9.17) is 14.2 Å². The lowest BCUT2D eigenvalue weighted by atomic mass is 9.95. The van der Waals surface area contributed by atoms with Crippen molar-refractivity contribution < 1.29 is 28.9 Å². The first-order valence-corrected chi connectivity index (χ1v) is 14.0. The minimum Gasteiger partial charge on any atom is -0.507 e. The van der Waals surface area contributed by atoms with E-state index in [0.717, 1.165) is 17.5 Å². The Balaban J connectivity index is 1.64. The third kappa shape index (κ3) is 5.24. The van der Waals surface area contributed by atoms with Gasteiger partial charge in [0, 0.05) is 5.56 Å². The number of fused-ring (bicyclic) bond motifs is 1. The first-order chi connectivity index (χ1) is 19.4. The summed E-state index contributed by atoms with van der Waals surface area (Å²) in [6, 6.07) is 18.6. The third-order valence-electron chi connectivity index (χ3n) is 6.48.